The lowest BCUT2D eigenvalue weighted by Gasteiger charge is -2.13. The molecule has 1 aliphatic carbocycles. The van der Waals surface area contributed by atoms with Crippen molar-refractivity contribution in [3.63, 3.8) is 0 Å². The lowest BCUT2D eigenvalue weighted by Crippen LogP contribution is -2.35. The molecule has 90 valence electrons. The fourth-order valence-corrected chi connectivity index (χ4v) is 2.55. The topological polar surface area (TPSA) is 55.1 Å². The Bertz CT molecular complexity index is 502. The third-order valence-corrected chi connectivity index (χ3v) is 5.56. The molecular weight excluding hydrogens is 415 g/mol. The van der Waals surface area contributed by atoms with Gasteiger partial charge in [0.05, 0.1) is 10.4 Å². The highest BCUT2D eigenvalue weighted by atomic mass is 127. The van der Waals surface area contributed by atoms with Crippen molar-refractivity contribution >= 4 is 67.3 Å². The molecule has 1 saturated carbocycles. The maximum Gasteiger partial charge on any atom is 0.237 e. The first kappa shape index (κ1) is 13.2. The van der Waals surface area contributed by atoms with E-state index < -0.39 is 5.41 Å². The summed E-state index contributed by atoms with van der Waals surface area (Å²) < 4.78 is 2.05. The van der Waals surface area contributed by atoms with Crippen LogP contribution in [0.1, 0.15) is 12.8 Å². The first-order valence-electron chi connectivity index (χ1n) is 5.02. The normalized spacial score (nSPS) is 16.4. The van der Waals surface area contributed by atoms with Gasteiger partial charge in [-0.05, 0) is 69.6 Å². The first-order chi connectivity index (χ1) is 7.95. The summed E-state index contributed by atoms with van der Waals surface area (Å²) in [6.07, 6.45) is 1.50. The van der Waals surface area contributed by atoms with Crippen molar-refractivity contribution in [1.29, 1.82) is 0 Å². The molecule has 17 heavy (non-hydrogen) atoms. The number of benzene rings is 1. The van der Waals surface area contributed by atoms with Gasteiger partial charge in [-0.25, -0.2) is 0 Å². The molecule has 0 aliphatic heterocycles. The first-order valence-corrected chi connectivity index (χ1v) is 7.30. The predicted octanol–water partition coefficient (Wildman–Crippen LogP) is 3.06. The number of anilines is 1. The minimum Gasteiger partial charge on any atom is -0.392 e. The number of amides is 1. The lowest BCUT2D eigenvalue weighted by atomic mass is 10.1. The Morgan fingerprint density at radius 1 is 1.53 bits per heavy atom. The van der Waals surface area contributed by atoms with Crippen molar-refractivity contribution in [3.05, 3.63) is 26.2 Å². The zero-order valence-electron chi connectivity index (χ0n) is 8.80. The number of nitrogens with two attached hydrogens (primary N) is 1. The molecule has 0 atom stereocenters. The van der Waals surface area contributed by atoms with Gasteiger partial charge in [-0.1, -0.05) is 12.2 Å². The molecule has 1 aromatic rings. The fourth-order valence-electron chi connectivity index (χ4n) is 1.53. The smallest absolute Gasteiger partial charge is 0.237 e. The van der Waals surface area contributed by atoms with E-state index in [4.69, 9.17) is 18.0 Å². The van der Waals surface area contributed by atoms with Gasteiger partial charge in [0, 0.05) is 13.7 Å². The highest BCUT2D eigenvalue weighted by molar-refractivity contribution is 14.1. The average Bonchev–Trinajstić information content (AvgIpc) is 3.04. The molecule has 3 nitrogen and oxygen atoms in total. The van der Waals surface area contributed by atoms with Crippen molar-refractivity contribution in [2.45, 2.75) is 12.8 Å². The van der Waals surface area contributed by atoms with E-state index in [1.807, 2.05) is 18.2 Å². The Hall–Kier alpha value is -0.210. The second-order valence-corrected chi connectivity index (χ2v) is 6.49. The molecule has 0 bridgehead atoms. The molecule has 1 aromatic carbocycles. The second kappa shape index (κ2) is 4.81. The molecule has 0 saturated heterocycles. The number of carbonyl (C=O) groups excluding carboxylic acids is 1. The Morgan fingerprint density at radius 2 is 2.18 bits per heavy atom. The van der Waals surface area contributed by atoms with Gasteiger partial charge in [0.1, 0.15) is 0 Å². The van der Waals surface area contributed by atoms with Crippen LogP contribution in [-0.4, -0.2) is 10.9 Å². The Labute approximate surface area is 127 Å². The van der Waals surface area contributed by atoms with Crippen LogP contribution in [0, 0.1) is 8.99 Å². The zero-order chi connectivity index (χ0) is 12.6. The molecule has 0 aromatic heterocycles. The molecule has 1 amide bonds. The standard InChI is InChI=1S/C11H10BrIN2OS/c12-7-5-6(1-2-8(7)13)15-10(16)11(3-4-11)9(14)17/h1-2,5H,3-4H2,(H2,14,17)(H,15,16). The number of rotatable bonds is 3. The summed E-state index contributed by atoms with van der Waals surface area (Å²) in [4.78, 5) is 12.3. The summed E-state index contributed by atoms with van der Waals surface area (Å²) in [6.45, 7) is 0. The van der Waals surface area contributed by atoms with E-state index in [0.717, 1.165) is 26.6 Å². The van der Waals surface area contributed by atoms with E-state index in [1.165, 1.54) is 0 Å². The Kier molecular flexibility index (Phi) is 3.74. The van der Waals surface area contributed by atoms with Crippen molar-refractivity contribution < 1.29 is 4.79 Å². The minimum atomic E-state index is -0.606. The maximum absolute atomic E-state index is 12.0. The molecule has 0 heterocycles. The van der Waals surface area contributed by atoms with Gasteiger partial charge >= 0.3 is 0 Å². The van der Waals surface area contributed by atoms with Crippen molar-refractivity contribution in [1.82, 2.24) is 0 Å². The highest BCUT2D eigenvalue weighted by Gasteiger charge is 2.52. The second-order valence-electron chi connectivity index (χ2n) is 4.03. The SMILES string of the molecule is NC(=S)C1(C(=O)Nc2ccc(I)c(Br)c2)CC1. The molecular formula is C11H10BrIN2OS. The quantitative estimate of drug-likeness (QED) is 0.579. The Balaban J connectivity index is 2.14. The van der Waals surface area contributed by atoms with E-state index in [0.29, 0.717) is 4.99 Å². The molecule has 0 radical (unpaired) electrons. The molecule has 3 N–H and O–H groups in total. The van der Waals surface area contributed by atoms with E-state index in [1.54, 1.807) is 0 Å². The van der Waals surface area contributed by atoms with Gasteiger partial charge in [0.25, 0.3) is 0 Å². The van der Waals surface area contributed by atoms with Crippen molar-refractivity contribution in [2.24, 2.45) is 11.1 Å². The fraction of sp³-hybridized carbons (Fsp3) is 0.273. The summed E-state index contributed by atoms with van der Waals surface area (Å²) >= 11 is 10.6. The molecule has 0 unspecified atom stereocenters. The van der Waals surface area contributed by atoms with Gasteiger partial charge in [-0.15, -0.1) is 0 Å². The summed E-state index contributed by atoms with van der Waals surface area (Å²) in [7, 11) is 0. The van der Waals surface area contributed by atoms with Crippen molar-refractivity contribution in [2.75, 3.05) is 5.32 Å². The van der Waals surface area contributed by atoms with Crippen LogP contribution < -0.4 is 11.1 Å². The number of nitrogens with one attached hydrogen (secondary N) is 1. The monoisotopic (exact) mass is 424 g/mol. The lowest BCUT2D eigenvalue weighted by molar-refractivity contribution is -0.118. The molecule has 1 aliphatic rings. The largest absolute Gasteiger partial charge is 0.392 e. The summed E-state index contributed by atoms with van der Waals surface area (Å²) in [5.41, 5.74) is 5.75. The zero-order valence-corrected chi connectivity index (χ0v) is 13.4. The van der Waals surface area contributed by atoms with Crippen LogP contribution >= 0.6 is 50.7 Å². The minimum absolute atomic E-state index is 0.0990. The van der Waals surface area contributed by atoms with Crippen LogP contribution in [-0.2, 0) is 4.79 Å². The van der Waals surface area contributed by atoms with Gasteiger partial charge in [0.2, 0.25) is 5.91 Å². The van der Waals surface area contributed by atoms with Crippen LogP contribution in [0.3, 0.4) is 0 Å². The summed E-state index contributed by atoms with van der Waals surface area (Å²) in [5.74, 6) is -0.0990. The van der Waals surface area contributed by atoms with Gasteiger partial charge in [0.15, 0.2) is 0 Å². The number of carbonyl (C=O) groups is 1. The van der Waals surface area contributed by atoms with E-state index in [-0.39, 0.29) is 5.91 Å². The van der Waals surface area contributed by atoms with E-state index in [9.17, 15) is 4.79 Å². The van der Waals surface area contributed by atoms with Gasteiger partial charge in [-0.2, -0.15) is 0 Å². The molecule has 1 fully saturated rings. The predicted molar refractivity (Wildman–Crippen MR) is 83.9 cm³/mol. The number of thiocarbonyl (C=S) groups is 1. The van der Waals surface area contributed by atoms with Crippen LogP contribution in [0.2, 0.25) is 0 Å². The molecule has 2 rings (SSSR count). The highest BCUT2D eigenvalue weighted by Crippen LogP contribution is 2.46. The van der Waals surface area contributed by atoms with E-state index >= 15 is 0 Å². The summed E-state index contributed by atoms with van der Waals surface area (Å²) in [6, 6.07) is 5.66. The molecule has 0 spiro atoms. The number of hydrogen-bond donors (Lipinski definition) is 2. The Morgan fingerprint density at radius 3 is 2.65 bits per heavy atom. The third-order valence-electron chi connectivity index (χ3n) is 2.83. The van der Waals surface area contributed by atoms with Crippen LogP contribution in [0.25, 0.3) is 0 Å². The average molecular weight is 425 g/mol. The summed E-state index contributed by atoms with van der Waals surface area (Å²) in [5, 5.41) is 2.85. The van der Waals surface area contributed by atoms with Crippen LogP contribution in [0.15, 0.2) is 22.7 Å². The maximum atomic E-state index is 12.0. The number of hydrogen-bond acceptors (Lipinski definition) is 2. The number of halogens is 2. The van der Waals surface area contributed by atoms with E-state index in [2.05, 4.69) is 43.8 Å². The van der Waals surface area contributed by atoms with Crippen molar-refractivity contribution in [3.8, 4) is 0 Å². The van der Waals surface area contributed by atoms with Gasteiger partial charge in [-0.3, -0.25) is 4.79 Å². The third kappa shape index (κ3) is 2.63. The van der Waals surface area contributed by atoms with Gasteiger partial charge < -0.3 is 11.1 Å². The van der Waals surface area contributed by atoms with Crippen LogP contribution in [0.5, 0.6) is 0 Å². The molecule has 6 heteroatoms. The van der Waals surface area contributed by atoms with Crippen LogP contribution in [0.4, 0.5) is 5.69 Å².